The summed E-state index contributed by atoms with van der Waals surface area (Å²) in [5.74, 6) is -0.218. The van der Waals surface area contributed by atoms with E-state index in [1.165, 1.54) is 0 Å². The molecule has 1 heterocycles. The Balaban J connectivity index is 1.68. The smallest absolute Gasteiger partial charge is 0.251 e. The summed E-state index contributed by atoms with van der Waals surface area (Å²) in [6.07, 6.45) is 0.870. The second-order valence-corrected chi connectivity index (χ2v) is 5.22. The Morgan fingerprint density at radius 2 is 2.14 bits per heavy atom. The van der Waals surface area contributed by atoms with Gasteiger partial charge in [-0.1, -0.05) is 24.3 Å². The van der Waals surface area contributed by atoms with E-state index in [0.29, 0.717) is 5.56 Å². The first kappa shape index (κ1) is 14.3. The van der Waals surface area contributed by atoms with Gasteiger partial charge in [0.25, 0.3) is 5.91 Å². The van der Waals surface area contributed by atoms with Crippen molar-refractivity contribution < 1.29 is 9.90 Å². The minimum absolute atomic E-state index is 0.171. The number of nitrogens with one attached hydrogen (secondary N) is 2. The number of hydrogen-bond acceptors (Lipinski definition) is 3. The van der Waals surface area contributed by atoms with Gasteiger partial charge in [0, 0.05) is 12.1 Å². The topological polar surface area (TPSA) is 78.0 Å². The van der Waals surface area contributed by atoms with E-state index < -0.39 is 6.10 Å². The first-order valence-electron chi connectivity index (χ1n) is 7.10. The van der Waals surface area contributed by atoms with Crippen molar-refractivity contribution in [3.05, 3.63) is 65.5 Å². The molecule has 112 valence electrons. The van der Waals surface area contributed by atoms with Crippen LogP contribution < -0.4 is 5.32 Å². The summed E-state index contributed by atoms with van der Waals surface area (Å²) in [5.41, 5.74) is 3.99. The summed E-state index contributed by atoms with van der Waals surface area (Å²) in [5, 5.41) is 13.0. The van der Waals surface area contributed by atoms with Gasteiger partial charge in [0.2, 0.25) is 0 Å². The van der Waals surface area contributed by atoms with Gasteiger partial charge in [-0.25, -0.2) is 4.98 Å². The Morgan fingerprint density at radius 3 is 2.95 bits per heavy atom. The molecule has 5 heteroatoms. The lowest BCUT2D eigenvalue weighted by molar-refractivity contribution is 0.0916. The third-order valence-corrected chi connectivity index (χ3v) is 3.69. The number of fused-ring (bicyclic) bond motifs is 1. The van der Waals surface area contributed by atoms with Gasteiger partial charge in [-0.05, 0) is 36.2 Å². The number of nitrogens with zero attached hydrogens (tertiary/aromatic N) is 1. The number of rotatable bonds is 4. The van der Waals surface area contributed by atoms with Crippen LogP contribution in [0.5, 0.6) is 0 Å². The molecule has 0 aliphatic rings. The summed E-state index contributed by atoms with van der Waals surface area (Å²) < 4.78 is 0. The molecular formula is C17H17N3O2. The van der Waals surface area contributed by atoms with Crippen LogP contribution in [0.2, 0.25) is 0 Å². The fourth-order valence-corrected chi connectivity index (χ4v) is 2.44. The van der Waals surface area contributed by atoms with E-state index in [0.717, 1.165) is 22.2 Å². The van der Waals surface area contributed by atoms with Crippen LogP contribution in [0.25, 0.3) is 11.0 Å². The molecule has 0 fully saturated rings. The van der Waals surface area contributed by atoms with E-state index in [4.69, 9.17) is 0 Å². The van der Waals surface area contributed by atoms with E-state index in [9.17, 15) is 9.90 Å². The SMILES string of the molecule is Cc1ccccc1[C@@H](O)CNC(=O)c1ccc2nc[nH]c2c1. The normalized spacial score (nSPS) is 12.3. The van der Waals surface area contributed by atoms with Gasteiger partial charge in [-0.15, -0.1) is 0 Å². The fourth-order valence-electron chi connectivity index (χ4n) is 2.44. The third-order valence-electron chi connectivity index (χ3n) is 3.69. The Kier molecular flexibility index (Phi) is 3.89. The average Bonchev–Trinajstić information content (AvgIpc) is 3.00. The number of carbonyl (C=O) groups excluding carboxylic acids is 1. The number of aliphatic hydroxyl groups excluding tert-OH is 1. The van der Waals surface area contributed by atoms with Crippen molar-refractivity contribution >= 4 is 16.9 Å². The predicted octanol–water partition coefficient (Wildman–Crippen LogP) is 2.33. The molecule has 0 bridgehead atoms. The van der Waals surface area contributed by atoms with E-state index in [2.05, 4.69) is 15.3 Å². The van der Waals surface area contributed by atoms with Gasteiger partial charge in [-0.3, -0.25) is 4.79 Å². The van der Waals surface area contributed by atoms with Crippen LogP contribution in [0.15, 0.2) is 48.8 Å². The number of carbonyl (C=O) groups is 1. The van der Waals surface area contributed by atoms with Crippen molar-refractivity contribution in [1.82, 2.24) is 15.3 Å². The standard InChI is InChI=1S/C17H17N3O2/c1-11-4-2-3-5-13(11)16(21)9-18-17(22)12-6-7-14-15(8-12)20-10-19-14/h2-8,10,16,21H,9H2,1H3,(H,18,22)(H,19,20)/t16-/m0/s1. The quantitative estimate of drug-likeness (QED) is 0.691. The van der Waals surface area contributed by atoms with Crippen molar-refractivity contribution in [3.8, 4) is 0 Å². The van der Waals surface area contributed by atoms with Gasteiger partial charge in [0.05, 0.1) is 23.5 Å². The van der Waals surface area contributed by atoms with Crippen LogP contribution >= 0.6 is 0 Å². The molecule has 0 saturated carbocycles. The number of H-pyrrole nitrogens is 1. The molecule has 0 aliphatic heterocycles. The second-order valence-electron chi connectivity index (χ2n) is 5.22. The lowest BCUT2D eigenvalue weighted by Gasteiger charge is -2.14. The molecule has 3 rings (SSSR count). The maximum atomic E-state index is 12.2. The second kappa shape index (κ2) is 5.99. The molecule has 0 saturated heterocycles. The molecule has 3 N–H and O–H groups in total. The van der Waals surface area contributed by atoms with E-state index >= 15 is 0 Å². The Bertz CT molecular complexity index is 810. The number of aromatic nitrogens is 2. The molecule has 1 atom stereocenters. The zero-order chi connectivity index (χ0) is 15.5. The van der Waals surface area contributed by atoms with Crippen molar-refractivity contribution in [3.63, 3.8) is 0 Å². The molecule has 0 aliphatic carbocycles. The largest absolute Gasteiger partial charge is 0.387 e. The van der Waals surface area contributed by atoms with E-state index in [1.54, 1.807) is 24.5 Å². The van der Waals surface area contributed by atoms with E-state index in [1.807, 2.05) is 31.2 Å². The highest BCUT2D eigenvalue weighted by Crippen LogP contribution is 2.17. The molecule has 0 radical (unpaired) electrons. The van der Waals surface area contributed by atoms with Crippen LogP contribution in [-0.4, -0.2) is 27.5 Å². The lowest BCUT2D eigenvalue weighted by Crippen LogP contribution is -2.28. The highest BCUT2D eigenvalue weighted by Gasteiger charge is 2.13. The average molecular weight is 295 g/mol. The first-order valence-corrected chi connectivity index (χ1v) is 7.10. The van der Waals surface area contributed by atoms with Crippen molar-refractivity contribution in [2.24, 2.45) is 0 Å². The summed E-state index contributed by atoms with van der Waals surface area (Å²) in [7, 11) is 0. The number of aromatic amines is 1. The number of benzene rings is 2. The highest BCUT2D eigenvalue weighted by molar-refractivity contribution is 5.97. The lowest BCUT2D eigenvalue weighted by atomic mass is 10.0. The first-order chi connectivity index (χ1) is 10.6. The number of aryl methyl sites for hydroxylation is 1. The molecule has 1 amide bonds. The van der Waals surface area contributed by atoms with Gasteiger partial charge < -0.3 is 15.4 Å². The van der Waals surface area contributed by atoms with Crippen LogP contribution in [0.4, 0.5) is 0 Å². The molecule has 0 spiro atoms. The summed E-state index contributed by atoms with van der Waals surface area (Å²) >= 11 is 0. The van der Waals surface area contributed by atoms with Gasteiger partial charge in [-0.2, -0.15) is 0 Å². The molecule has 2 aromatic carbocycles. The predicted molar refractivity (Wildman–Crippen MR) is 84.6 cm³/mol. The number of amides is 1. The monoisotopic (exact) mass is 295 g/mol. The highest BCUT2D eigenvalue weighted by atomic mass is 16.3. The zero-order valence-corrected chi connectivity index (χ0v) is 12.2. The van der Waals surface area contributed by atoms with Gasteiger partial charge in [0.15, 0.2) is 0 Å². The van der Waals surface area contributed by atoms with Crippen LogP contribution in [0.3, 0.4) is 0 Å². The van der Waals surface area contributed by atoms with Crippen LogP contribution in [0, 0.1) is 6.92 Å². The number of aliphatic hydroxyl groups is 1. The molecule has 3 aromatic rings. The fraction of sp³-hybridized carbons (Fsp3) is 0.176. The number of hydrogen-bond donors (Lipinski definition) is 3. The summed E-state index contributed by atoms with van der Waals surface area (Å²) in [6, 6.07) is 12.9. The Hall–Kier alpha value is -2.66. The molecule has 1 aromatic heterocycles. The van der Waals surface area contributed by atoms with E-state index in [-0.39, 0.29) is 12.5 Å². The Morgan fingerprint density at radius 1 is 1.32 bits per heavy atom. The zero-order valence-electron chi connectivity index (χ0n) is 12.2. The summed E-state index contributed by atoms with van der Waals surface area (Å²) in [4.78, 5) is 19.3. The van der Waals surface area contributed by atoms with Gasteiger partial charge >= 0.3 is 0 Å². The van der Waals surface area contributed by atoms with Crippen molar-refractivity contribution in [2.75, 3.05) is 6.54 Å². The number of imidazole rings is 1. The van der Waals surface area contributed by atoms with Crippen molar-refractivity contribution in [1.29, 1.82) is 0 Å². The summed E-state index contributed by atoms with van der Waals surface area (Å²) in [6.45, 7) is 2.11. The molecule has 5 nitrogen and oxygen atoms in total. The molecular weight excluding hydrogens is 278 g/mol. The van der Waals surface area contributed by atoms with Gasteiger partial charge in [0.1, 0.15) is 0 Å². The minimum Gasteiger partial charge on any atom is -0.387 e. The maximum absolute atomic E-state index is 12.2. The molecule has 22 heavy (non-hydrogen) atoms. The van der Waals surface area contributed by atoms with Crippen LogP contribution in [-0.2, 0) is 0 Å². The third kappa shape index (κ3) is 2.84. The van der Waals surface area contributed by atoms with Crippen molar-refractivity contribution in [2.45, 2.75) is 13.0 Å². The minimum atomic E-state index is -0.721. The Labute approximate surface area is 128 Å². The molecule has 0 unspecified atom stereocenters. The van der Waals surface area contributed by atoms with Crippen LogP contribution in [0.1, 0.15) is 27.6 Å². The maximum Gasteiger partial charge on any atom is 0.251 e.